The summed E-state index contributed by atoms with van der Waals surface area (Å²) in [6.07, 6.45) is 0.871. The van der Waals surface area contributed by atoms with Gasteiger partial charge in [0.05, 0.1) is 23.9 Å². The Morgan fingerprint density at radius 2 is 2.15 bits per heavy atom. The Morgan fingerprint density at radius 3 is 2.90 bits per heavy atom. The summed E-state index contributed by atoms with van der Waals surface area (Å²) in [7, 11) is 0. The van der Waals surface area contributed by atoms with E-state index in [1.54, 1.807) is 36.4 Å². The molecule has 0 spiro atoms. The Morgan fingerprint density at radius 1 is 1.30 bits per heavy atom. The molecule has 0 aliphatic heterocycles. The zero-order chi connectivity index (χ0) is 14.4. The summed E-state index contributed by atoms with van der Waals surface area (Å²) in [6.45, 7) is 2.55. The Labute approximate surface area is 117 Å². The highest BCUT2D eigenvalue weighted by atomic mass is 16.5. The molecule has 5 heteroatoms. The second-order valence-corrected chi connectivity index (χ2v) is 4.13. The van der Waals surface area contributed by atoms with Crippen LogP contribution in [0.3, 0.4) is 0 Å². The van der Waals surface area contributed by atoms with Crippen LogP contribution in [-0.4, -0.2) is 11.6 Å². The molecule has 5 nitrogen and oxygen atoms in total. The van der Waals surface area contributed by atoms with E-state index in [-0.39, 0.29) is 0 Å². The van der Waals surface area contributed by atoms with E-state index in [9.17, 15) is 0 Å². The summed E-state index contributed by atoms with van der Waals surface area (Å²) in [5, 5.41) is 8.85. The van der Waals surface area contributed by atoms with Crippen molar-refractivity contribution in [3.8, 4) is 23.6 Å². The molecular formula is C15H15N3O2. The number of hydrogen-bond donors (Lipinski definition) is 1. The third-order valence-corrected chi connectivity index (χ3v) is 2.49. The molecule has 0 unspecified atom stereocenters. The van der Waals surface area contributed by atoms with E-state index in [4.69, 9.17) is 20.5 Å². The van der Waals surface area contributed by atoms with E-state index in [0.717, 1.165) is 6.42 Å². The lowest BCUT2D eigenvalue weighted by Crippen LogP contribution is -2.02. The van der Waals surface area contributed by atoms with Gasteiger partial charge in [-0.2, -0.15) is 10.2 Å². The van der Waals surface area contributed by atoms with Crippen LogP contribution in [0.4, 0.5) is 5.69 Å². The fraction of sp³-hybridized carbons (Fsp3) is 0.200. The minimum Gasteiger partial charge on any atom is -0.476 e. The fourth-order valence-electron chi connectivity index (χ4n) is 1.56. The molecule has 2 rings (SSSR count). The molecule has 0 aliphatic carbocycles. The first-order chi connectivity index (χ1) is 9.72. The molecule has 0 amide bonds. The van der Waals surface area contributed by atoms with Gasteiger partial charge >= 0.3 is 0 Å². The molecule has 0 bridgehead atoms. The number of benzene rings is 1. The first kappa shape index (κ1) is 13.7. The van der Waals surface area contributed by atoms with Crippen LogP contribution < -0.4 is 15.2 Å². The molecule has 0 aliphatic rings. The molecule has 0 saturated heterocycles. The van der Waals surface area contributed by atoms with Gasteiger partial charge in [-0.25, -0.2) is 0 Å². The lowest BCUT2D eigenvalue weighted by Gasteiger charge is -2.09. The highest BCUT2D eigenvalue weighted by Crippen LogP contribution is 2.26. The smallest absolute Gasteiger partial charge is 0.240 e. The van der Waals surface area contributed by atoms with Crippen LogP contribution in [0.25, 0.3) is 0 Å². The number of pyridine rings is 1. The van der Waals surface area contributed by atoms with Crippen molar-refractivity contribution in [3.05, 3.63) is 42.0 Å². The lowest BCUT2D eigenvalue weighted by atomic mass is 10.2. The van der Waals surface area contributed by atoms with Gasteiger partial charge in [0.1, 0.15) is 5.75 Å². The maximum Gasteiger partial charge on any atom is 0.240 e. The van der Waals surface area contributed by atoms with Crippen molar-refractivity contribution in [2.24, 2.45) is 0 Å². The van der Waals surface area contributed by atoms with Crippen LogP contribution in [0.1, 0.15) is 18.9 Å². The van der Waals surface area contributed by atoms with Crippen LogP contribution in [0.15, 0.2) is 36.4 Å². The monoisotopic (exact) mass is 269 g/mol. The molecule has 1 aromatic heterocycles. The van der Waals surface area contributed by atoms with E-state index >= 15 is 0 Å². The second-order valence-electron chi connectivity index (χ2n) is 4.13. The predicted molar refractivity (Wildman–Crippen MR) is 75.7 cm³/mol. The summed E-state index contributed by atoms with van der Waals surface area (Å²) in [6, 6.07) is 12.3. The molecule has 1 aromatic carbocycles. The van der Waals surface area contributed by atoms with E-state index in [1.165, 1.54) is 0 Å². The Hall–Kier alpha value is -2.74. The van der Waals surface area contributed by atoms with Gasteiger partial charge < -0.3 is 15.2 Å². The fourth-order valence-corrected chi connectivity index (χ4v) is 1.56. The minimum absolute atomic E-state index is 0.362. The normalized spacial score (nSPS) is 9.80. The molecule has 1 heterocycles. The van der Waals surface area contributed by atoms with Crippen molar-refractivity contribution in [1.29, 1.82) is 5.26 Å². The molecule has 2 N–H and O–H groups in total. The Bertz CT molecular complexity index is 635. The summed E-state index contributed by atoms with van der Waals surface area (Å²) < 4.78 is 11.0. The zero-order valence-electron chi connectivity index (χ0n) is 11.2. The highest BCUT2D eigenvalue weighted by molar-refractivity contribution is 5.50. The van der Waals surface area contributed by atoms with Gasteiger partial charge in [0.2, 0.25) is 11.8 Å². The van der Waals surface area contributed by atoms with Crippen molar-refractivity contribution in [1.82, 2.24) is 4.98 Å². The van der Waals surface area contributed by atoms with Crippen LogP contribution >= 0.6 is 0 Å². The van der Waals surface area contributed by atoms with E-state index < -0.39 is 0 Å². The maximum absolute atomic E-state index is 8.85. The van der Waals surface area contributed by atoms with Crippen molar-refractivity contribution in [2.45, 2.75) is 13.3 Å². The predicted octanol–water partition coefficient (Wildman–Crippen LogP) is 3.12. The lowest BCUT2D eigenvalue weighted by molar-refractivity contribution is 0.302. The molecule has 0 radical (unpaired) electrons. The number of hydrogen-bond acceptors (Lipinski definition) is 5. The molecule has 102 valence electrons. The second kappa shape index (κ2) is 6.43. The SMILES string of the molecule is CCCOc1nc(Oc2cccc(C#N)c2)ccc1N. The molecule has 0 atom stereocenters. The quantitative estimate of drug-likeness (QED) is 0.901. The minimum atomic E-state index is 0.362. The largest absolute Gasteiger partial charge is 0.476 e. The van der Waals surface area contributed by atoms with Gasteiger partial charge in [-0.15, -0.1) is 0 Å². The molecular weight excluding hydrogens is 254 g/mol. The van der Waals surface area contributed by atoms with Crippen molar-refractivity contribution < 1.29 is 9.47 Å². The molecule has 0 saturated carbocycles. The number of nitriles is 1. The standard InChI is InChI=1S/C15H15N3O2/c1-2-8-19-15-13(17)6-7-14(18-15)20-12-5-3-4-11(9-12)10-16/h3-7,9H,2,8,17H2,1H3. The number of nitrogen functional groups attached to an aromatic ring is 1. The van der Waals surface area contributed by atoms with Crippen LogP contribution in [-0.2, 0) is 0 Å². The van der Waals surface area contributed by atoms with E-state index in [0.29, 0.717) is 35.4 Å². The Kier molecular flexibility index (Phi) is 4.40. The van der Waals surface area contributed by atoms with Gasteiger partial charge in [0, 0.05) is 6.07 Å². The van der Waals surface area contributed by atoms with E-state index in [2.05, 4.69) is 11.1 Å². The number of aromatic nitrogens is 1. The Balaban J connectivity index is 2.18. The molecule has 2 aromatic rings. The average Bonchev–Trinajstić information content (AvgIpc) is 2.48. The van der Waals surface area contributed by atoms with Gasteiger partial charge in [0.25, 0.3) is 0 Å². The summed E-state index contributed by atoms with van der Waals surface area (Å²) in [5.74, 6) is 1.28. The van der Waals surface area contributed by atoms with Gasteiger partial charge in [-0.05, 0) is 30.7 Å². The van der Waals surface area contributed by atoms with Gasteiger partial charge in [-0.1, -0.05) is 13.0 Å². The van der Waals surface area contributed by atoms with E-state index in [1.807, 2.05) is 6.92 Å². The zero-order valence-corrected chi connectivity index (χ0v) is 11.2. The first-order valence-electron chi connectivity index (χ1n) is 6.30. The maximum atomic E-state index is 8.85. The molecule has 0 fully saturated rings. The topological polar surface area (TPSA) is 81.2 Å². The third-order valence-electron chi connectivity index (χ3n) is 2.49. The van der Waals surface area contributed by atoms with Gasteiger partial charge in [-0.3, -0.25) is 0 Å². The van der Waals surface area contributed by atoms with Crippen LogP contribution in [0, 0.1) is 11.3 Å². The van der Waals surface area contributed by atoms with Gasteiger partial charge in [0.15, 0.2) is 0 Å². The summed E-state index contributed by atoms with van der Waals surface area (Å²) >= 11 is 0. The third kappa shape index (κ3) is 3.39. The number of anilines is 1. The molecule has 20 heavy (non-hydrogen) atoms. The number of rotatable bonds is 5. The van der Waals surface area contributed by atoms with Crippen molar-refractivity contribution in [3.63, 3.8) is 0 Å². The number of nitrogens with two attached hydrogens (primary N) is 1. The van der Waals surface area contributed by atoms with Crippen LogP contribution in [0.2, 0.25) is 0 Å². The van der Waals surface area contributed by atoms with Crippen molar-refractivity contribution in [2.75, 3.05) is 12.3 Å². The number of ether oxygens (including phenoxy) is 2. The summed E-state index contributed by atoms with van der Waals surface area (Å²) in [5.41, 5.74) is 6.78. The number of nitrogens with zero attached hydrogens (tertiary/aromatic N) is 2. The first-order valence-corrected chi connectivity index (χ1v) is 6.30. The summed E-state index contributed by atoms with van der Waals surface area (Å²) in [4.78, 5) is 4.21. The van der Waals surface area contributed by atoms with Crippen LogP contribution in [0.5, 0.6) is 17.5 Å². The highest BCUT2D eigenvalue weighted by Gasteiger charge is 2.06. The average molecular weight is 269 g/mol. The van der Waals surface area contributed by atoms with Crippen molar-refractivity contribution >= 4 is 5.69 Å².